The maximum Gasteiger partial charge on any atom is 0.123 e. The van der Waals surface area contributed by atoms with Gasteiger partial charge < -0.3 is 5.32 Å². The highest BCUT2D eigenvalue weighted by atomic mass is 35.5. The third-order valence-electron chi connectivity index (χ3n) is 4.00. The van der Waals surface area contributed by atoms with Gasteiger partial charge in [-0.1, -0.05) is 31.5 Å². The predicted octanol–water partition coefficient (Wildman–Crippen LogP) is 5.21. The number of hydrogen-bond donors (Lipinski definition) is 1. The molecule has 0 saturated carbocycles. The van der Waals surface area contributed by atoms with Crippen LogP contribution in [0.4, 0.5) is 10.1 Å². The molecule has 0 heterocycles. The number of halogens is 2. The third kappa shape index (κ3) is 2.40. The van der Waals surface area contributed by atoms with Crippen LogP contribution in [-0.2, 0) is 6.42 Å². The summed E-state index contributed by atoms with van der Waals surface area (Å²) in [6.45, 7) is 4.48. The first kappa shape index (κ1) is 13.4. The van der Waals surface area contributed by atoms with Crippen molar-refractivity contribution in [2.75, 3.05) is 5.32 Å². The number of hydrogen-bond acceptors (Lipinski definition) is 1. The van der Waals surface area contributed by atoms with Crippen molar-refractivity contribution >= 4 is 17.3 Å². The molecule has 1 N–H and O–H groups in total. The van der Waals surface area contributed by atoms with Gasteiger partial charge in [0, 0.05) is 10.7 Å². The summed E-state index contributed by atoms with van der Waals surface area (Å²) in [4.78, 5) is 0. The molecule has 2 aromatic rings. The zero-order valence-electron chi connectivity index (χ0n) is 11.6. The van der Waals surface area contributed by atoms with Crippen molar-refractivity contribution in [3.8, 4) is 0 Å². The summed E-state index contributed by atoms with van der Waals surface area (Å²) in [7, 11) is 0. The van der Waals surface area contributed by atoms with Crippen LogP contribution in [0.1, 0.15) is 31.0 Å². The van der Waals surface area contributed by atoms with Crippen molar-refractivity contribution < 1.29 is 4.39 Å². The molecule has 0 aliphatic heterocycles. The first-order valence-electron chi connectivity index (χ1n) is 6.76. The Morgan fingerprint density at radius 2 is 1.85 bits per heavy atom. The molecule has 3 heteroatoms. The van der Waals surface area contributed by atoms with Gasteiger partial charge in [0.1, 0.15) is 5.82 Å². The molecule has 0 spiro atoms. The summed E-state index contributed by atoms with van der Waals surface area (Å²) >= 11 is 6.13. The second kappa shape index (κ2) is 4.78. The van der Waals surface area contributed by atoms with E-state index >= 15 is 0 Å². The van der Waals surface area contributed by atoms with Crippen LogP contribution in [0.2, 0.25) is 5.02 Å². The normalized spacial score (nSPS) is 19.7. The molecule has 104 valence electrons. The van der Waals surface area contributed by atoms with E-state index in [0.717, 1.165) is 17.1 Å². The quantitative estimate of drug-likeness (QED) is 0.800. The Labute approximate surface area is 123 Å². The fourth-order valence-corrected chi connectivity index (χ4v) is 3.18. The standard InChI is InChI=1S/C17H17ClFN/c1-17(2)10-11-3-4-12(18)9-15(11)16(17)20-14-7-5-13(19)6-8-14/h3-9,16,20H,10H2,1-2H3. The van der Waals surface area contributed by atoms with Crippen LogP contribution in [-0.4, -0.2) is 0 Å². The lowest BCUT2D eigenvalue weighted by atomic mass is 9.85. The number of nitrogens with one attached hydrogen (secondary N) is 1. The lowest BCUT2D eigenvalue weighted by Gasteiger charge is -2.29. The predicted molar refractivity (Wildman–Crippen MR) is 81.7 cm³/mol. The topological polar surface area (TPSA) is 12.0 Å². The highest BCUT2D eigenvalue weighted by molar-refractivity contribution is 6.30. The van der Waals surface area contributed by atoms with Gasteiger partial charge in [-0.25, -0.2) is 4.39 Å². The van der Waals surface area contributed by atoms with Crippen LogP contribution in [0, 0.1) is 11.2 Å². The van der Waals surface area contributed by atoms with Gasteiger partial charge in [-0.3, -0.25) is 0 Å². The van der Waals surface area contributed by atoms with Crippen LogP contribution in [0.15, 0.2) is 42.5 Å². The molecule has 0 radical (unpaired) electrons. The zero-order valence-corrected chi connectivity index (χ0v) is 12.3. The van der Waals surface area contributed by atoms with Crippen molar-refractivity contribution in [1.29, 1.82) is 0 Å². The van der Waals surface area contributed by atoms with Gasteiger partial charge in [-0.2, -0.15) is 0 Å². The fourth-order valence-electron chi connectivity index (χ4n) is 3.00. The Bertz CT molecular complexity index is 634. The molecule has 20 heavy (non-hydrogen) atoms. The first-order chi connectivity index (χ1) is 9.45. The smallest absolute Gasteiger partial charge is 0.123 e. The second-order valence-corrected chi connectivity index (χ2v) is 6.53. The maximum absolute atomic E-state index is 13.0. The Kier molecular flexibility index (Phi) is 3.21. The van der Waals surface area contributed by atoms with E-state index in [2.05, 4.69) is 25.2 Å². The molecule has 1 unspecified atom stereocenters. The van der Waals surface area contributed by atoms with Crippen LogP contribution < -0.4 is 5.32 Å². The summed E-state index contributed by atoms with van der Waals surface area (Å²) in [6.07, 6.45) is 1.01. The number of anilines is 1. The van der Waals surface area contributed by atoms with Gasteiger partial charge in [-0.15, -0.1) is 0 Å². The van der Waals surface area contributed by atoms with Gasteiger partial charge in [0.05, 0.1) is 6.04 Å². The first-order valence-corrected chi connectivity index (χ1v) is 7.14. The van der Waals surface area contributed by atoms with Crippen molar-refractivity contribution in [2.24, 2.45) is 5.41 Å². The SMILES string of the molecule is CC1(C)Cc2ccc(Cl)cc2C1Nc1ccc(F)cc1. The molecule has 0 saturated heterocycles. The zero-order chi connectivity index (χ0) is 14.3. The average Bonchev–Trinajstić information content (AvgIpc) is 2.63. The third-order valence-corrected chi connectivity index (χ3v) is 4.24. The summed E-state index contributed by atoms with van der Waals surface area (Å²) in [5, 5.41) is 4.27. The molecule has 1 aliphatic carbocycles. The van der Waals surface area contributed by atoms with Crippen LogP contribution in [0.3, 0.4) is 0 Å². The molecule has 2 aromatic carbocycles. The molecular formula is C17H17ClFN. The van der Waals surface area contributed by atoms with E-state index in [1.165, 1.54) is 23.3 Å². The Morgan fingerprint density at radius 3 is 2.55 bits per heavy atom. The Morgan fingerprint density at radius 1 is 1.15 bits per heavy atom. The highest BCUT2D eigenvalue weighted by Gasteiger charge is 2.38. The van der Waals surface area contributed by atoms with E-state index in [1.54, 1.807) is 12.1 Å². The molecule has 1 aliphatic rings. The molecule has 0 bridgehead atoms. The lowest BCUT2D eigenvalue weighted by molar-refractivity contribution is 0.337. The molecule has 0 fully saturated rings. The van der Waals surface area contributed by atoms with Crippen molar-refractivity contribution in [1.82, 2.24) is 0 Å². The van der Waals surface area contributed by atoms with Gasteiger partial charge in [0.15, 0.2) is 0 Å². The minimum Gasteiger partial charge on any atom is -0.378 e. The Hall–Kier alpha value is -1.54. The summed E-state index contributed by atoms with van der Waals surface area (Å²) < 4.78 is 13.0. The van der Waals surface area contributed by atoms with Gasteiger partial charge in [0.25, 0.3) is 0 Å². The molecule has 1 atom stereocenters. The molecular weight excluding hydrogens is 273 g/mol. The van der Waals surface area contributed by atoms with Gasteiger partial charge in [-0.05, 0) is 59.4 Å². The van der Waals surface area contributed by atoms with Crippen molar-refractivity contribution in [2.45, 2.75) is 26.3 Å². The number of benzene rings is 2. The fraction of sp³-hybridized carbons (Fsp3) is 0.294. The van der Waals surface area contributed by atoms with E-state index in [4.69, 9.17) is 11.6 Å². The maximum atomic E-state index is 13.0. The summed E-state index contributed by atoms with van der Waals surface area (Å²) in [5.41, 5.74) is 3.60. The monoisotopic (exact) mass is 289 g/mol. The minimum atomic E-state index is -0.218. The largest absolute Gasteiger partial charge is 0.378 e. The van der Waals surface area contributed by atoms with Crippen LogP contribution >= 0.6 is 11.6 Å². The summed E-state index contributed by atoms with van der Waals surface area (Å²) in [5.74, 6) is -0.218. The van der Waals surface area contributed by atoms with Crippen molar-refractivity contribution in [3.05, 3.63) is 64.4 Å². The van der Waals surface area contributed by atoms with E-state index in [-0.39, 0.29) is 17.3 Å². The van der Waals surface area contributed by atoms with Crippen LogP contribution in [0.5, 0.6) is 0 Å². The van der Waals surface area contributed by atoms with E-state index in [9.17, 15) is 4.39 Å². The van der Waals surface area contributed by atoms with Gasteiger partial charge in [0.2, 0.25) is 0 Å². The minimum absolute atomic E-state index is 0.0986. The van der Waals surface area contributed by atoms with Crippen molar-refractivity contribution in [3.63, 3.8) is 0 Å². The van der Waals surface area contributed by atoms with E-state index in [1.807, 2.05) is 12.1 Å². The molecule has 0 aromatic heterocycles. The Balaban J connectivity index is 1.95. The van der Waals surface area contributed by atoms with E-state index < -0.39 is 0 Å². The van der Waals surface area contributed by atoms with E-state index in [0.29, 0.717) is 0 Å². The second-order valence-electron chi connectivity index (χ2n) is 6.09. The van der Waals surface area contributed by atoms with Gasteiger partial charge >= 0.3 is 0 Å². The molecule has 1 nitrogen and oxygen atoms in total. The number of rotatable bonds is 2. The lowest BCUT2D eigenvalue weighted by Crippen LogP contribution is -2.24. The summed E-state index contributed by atoms with van der Waals surface area (Å²) in [6, 6.07) is 12.8. The number of fused-ring (bicyclic) bond motifs is 1. The average molecular weight is 290 g/mol. The molecule has 3 rings (SSSR count). The van der Waals surface area contributed by atoms with Crippen LogP contribution in [0.25, 0.3) is 0 Å². The highest BCUT2D eigenvalue weighted by Crippen LogP contribution is 2.47. The molecule has 0 amide bonds.